The highest BCUT2D eigenvalue weighted by Gasteiger charge is 2.26. The zero-order valence-electron chi connectivity index (χ0n) is 9.49. The lowest BCUT2D eigenvalue weighted by molar-refractivity contribution is 0.0845. The Balaban J connectivity index is 1.97. The van der Waals surface area contributed by atoms with E-state index < -0.39 is 0 Å². The van der Waals surface area contributed by atoms with E-state index in [0.29, 0.717) is 0 Å². The van der Waals surface area contributed by atoms with E-state index in [-0.39, 0.29) is 35.5 Å². The van der Waals surface area contributed by atoms with Gasteiger partial charge in [0.15, 0.2) is 11.0 Å². The van der Waals surface area contributed by atoms with Crippen LogP contribution in [0.4, 0.5) is 0 Å². The highest BCUT2D eigenvalue weighted by Crippen LogP contribution is 2.24. The maximum absolute atomic E-state index is 11.8. The molecule has 0 aliphatic heterocycles. The van der Waals surface area contributed by atoms with Crippen LogP contribution < -0.4 is 5.32 Å². The van der Waals surface area contributed by atoms with Crippen molar-refractivity contribution in [3.8, 4) is 0 Å². The van der Waals surface area contributed by atoms with Gasteiger partial charge >= 0.3 is 0 Å². The van der Waals surface area contributed by atoms with Crippen LogP contribution in [0, 0.1) is 5.92 Å². The van der Waals surface area contributed by atoms with Gasteiger partial charge in [-0.25, -0.2) is 0 Å². The molecule has 0 radical (unpaired) electrons. The summed E-state index contributed by atoms with van der Waals surface area (Å²) in [6.45, 7) is 0.115. The van der Waals surface area contributed by atoms with Crippen LogP contribution in [0.25, 0.3) is 0 Å². The average molecular weight is 258 g/mol. The second kappa shape index (κ2) is 5.56. The quantitative estimate of drug-likeness (QED) is 0.873. The average Bonchev–Trinajstić information content (AvgIpc) is 2.77. The predicted octanol–water partition coefficient (Wildman–Crippen LogP) is 2.21. The first-order valence-corrected chi connectivity index (χ1v) is 6.25. The Kier molecular flexibility index (Phi) is 4.07. The number of amides is 1. The molecule has 0 bridgehead atoms. The van der Waals surface area contributed by atoms with Gasteiger partial charge in [0.1, 0.15) is 0 Å². The smallest absolute Gasteiger partial charge is 0.287 e. The number of hydrogen-bond acceptors (Lipinski definition) is 3. The third kappa shape index (κ3) is 3.01. The number of hydrogen-bond donors (Lipinski definition) is 2. The zero-order chi connectivity index (χ0) is 12.3. The maximum Gasteiger partial charge on any atom is 0.287 e. The summed E-state index contributed by atoms with van der Waals surface area (Å²) < 4.78 is 5.05. The fourth-order valence-electron chi connectivity index (χ4n) is 2.29. The summed E-state index contributed by atoms with van der Waals surface area (Å²) >= 11 is 5.62. The normalized spacial score (nSPS) is 24.6. The second-order valence-corrected chi connectivity index (χ2v) is 4.78. The minimum atomic E-state index is -0.262. The predicted molar refractivity (Wildman–Crippen MR) is 64.0 cm³/mol. The van der Waals surface area contributed by atoms with Crippen LogP contribution in [0.1, 0.15) is 36.2 Å². The molecule has 1 amide bonds. The van der Waals surface area contributed by atoms with Crippen LogP contribution in [0.5, 0.6) is 0 Å². The summed E-state index contributed by atoms with van der Waals surface area (Å²) in [6, 6.07) is 3.13. The van der Waals surface area contributed by atoms with Gasteiger partial charge in [0, 0.05) is 18.6 Å². The first-order valence-electron chi connectivity index (χ1n) is 5.88. The van der Waals surface area contributed by atoms with Crippen molar-refractivity contribution in [2.45, 2.75) is 31.7 Å². The molecule has 2 atom stereocenters. The molecule has 1 fully saturated rings. The Bertz CT molecular complexity index is 391. The number of nitrogens with one attached hydrogen (secondary N) is 1. The molecule has 5 heteroatoms. The van der Waals surface area contributed by atoms with Gasteiger partial charge in [-0.05, 0) is 36.6 Å². The summed E-state index contributed by atoms with van der Waals surface area (Å²) in [6.07, 6.45) is 4.07. The summed E-state index contributed by atoms with van der Waals surface area (Å²) in [5.74, 6) is 0.109. The molecule has 1 heterocycles. The third-order valence-corrected chi connectivity index (χ3v) is 3.46. The molecule has 1 aromatic rings. The fourth-order valence-corrected chi connectivity index (χ4v) is 2.44. The molecule has 2 N–H and O–H groups in total. The van der Waals surface area contributed by atoms with Gasteiger partial charge in [-0.2, -0.15) is 0 Å². The molecule has 2 unspecified atom stereocenters. The Morgan fingerprint density at radius 2 is 2.24 bits per heavy atom. The Labute approximate surface area is 105 Å². The van der Waals surface area contributed by atoms with E-state index in [4.69, 9.17) is 16.0 Å². The lowest BCUT2D eigenvalue weighted by Gasteiger charge is -2.30. The van der Waals surface area contributed by atoms with E-state index in [0.717, 1.165) is 25.7 Å². The SMILES string of the molecule is O=C(NC1CCCCC1CO)c1ccc(Cl)o1. The third-order valence-electron chi connectivity index (χ3n) is 3.26. The van der Waals surface area contributed by atoms with Crippen molar-refractivity contribution in [3.63, 3.8) is 0 Å². The van der Waals surface area contributed by atoms with Crippen LogP contribution >= 0.6 is 11.6 Å². The minimum Gasteiger partial charge on any atom is -0.440 e. The minimum absolute atomic E-state index is 0.0325. The number of aliphatic hydroxyl groups is 1. The summed E-state index contributed by atoms with van der Waals surface area (Å²) in [5, 5.41) is 12.4. The van der Waals surface area contributed by atoms with Gasteiger partial charge in [-0.3, -0.25) is 4.79 Å². The van der Waals surface area contributed by atoms with Crippen molar-refractivity contribution in [3.05, 3.63) is 23.1 Å². The Hall–Kier alpha value is -1.00. The number of rotatable bonds is 3. The summed E-state index contributed by atoms with van der Waals surface area (Å²) in [4.78, 5) is 11.8. The first-order chi connectivity index (χ1) is 8.20. The van der Waals surface area contributed by atoms with Crippen molar-refractivity contribution in [2.24, 2.45) is 5.92 Å². The van der Waals surface area contributed by atoms with Crippen molar-refractivity contribution in [1.82, 2.24) is 5.32 Å². The van der Waals surface area contributed by atoms with Crippen LogP contribution in [0.15, 0.2) is 16.5 Å². The summed E-state index contributed by atoms with van der Waals surface area (Å²) in [7, 11) is 0. The van der Waals surface area contributed by atoms with Gasteiger partial charge < -0.3 is 14.8 Å². The van der Waals surface area contributed by atoms with Crippen LogP contribution in [0.2, 0.25) is 5.22 Å². The molecule has 4 nitrogen and oxygen atoms in total. The molecule has 1 aromatic heterocycles. The van der Waals surface area contributed by atoms with Crippen LogP contribution in [-0.4, -0.2) is 23.7 Å². The molecule has 2 rings (SSSR count). The monoisotopic (exact) mass is 257 g/mol. The molecule has 1 aliphatic carbocycles. The summed E-state index contributed by atoms with van der Waals surface area (Å²) in [5.41, 5.74) is 0. The fraction of sp³-hybridized carbons (Fsp3) is 0.583. The van der Waals surface area contributed by atoms with E-state index in [9.17, 15) is 9.90 Å². The van der Waals surface area contributed by atoms with Gasteiger partial charge in [0.05, 0.1) is 0 Å². The standard InChI is InChI=1S/C12H16ClNO3/c13-11-6-5-10(17-11)12(16)14-9-4-2-1-3-8(9)7-15/h5-6,8-9,15H,1-4,7H2,(H,14,16). The number of furan rings is 1. The van der Waals surface area contributed by atoms with E-state index in [1.807, 2.05) is 0 Å². The van der Waals surface area contributed by atoms with Crippen molar-refractivity contribution >= 4 is 17.5 Å². The van der Waals surface area contributed by atoms with Gasteiger partial charge in [0.25, 0.3) is 5.91 Å². The first kappa shape index (κ1) is 12.5. The number of carbonyl (C=O) groups is 1. The highest BCUT2D eigenvalue weighted by atomic mass is 35.5. The van der Waals surface area contributed by atoms with Gasteiger partial charge in [-0.1, -0.05) is 12.8 Å². The van der Waals surface area contributed by atoms with E-state index in [2.05, 4.69) is 5.32 Å². The topological polar surface area (TPSA) is 62.5 Å². The Morgan fingerprint density at radius 3 is 2.88 bits per heavy atom. The number of halogens is 1. The zero-order valence-corrected chi connectivity index (χ0v) is 10.2. The Morgan fingerprint density at radius 1 is 1.47 bits per heavy atom. The van der Waals surface area contributed by atoms with Crippen molar-refractivity contribution < 1.29 is 14.3 Å². The lowest BCUT2D eigenvalue weighted by Crippen LogP contribution is -2.43. The highest BCUT2D eigenvalue weighted by molar-refractivity contribution is 6.29. The number of carbonyl (C=O) groups excluding carboxylic acids is 1. The maximum atomic E-state index is 11.8. The van der Waals surface area contributed by atoms with Crippen molar-refractivity contribution in [1.29, 1.82) is 0 Å². The van der Waals surface area contributed by atoms with E-state index in [1.165, 1.54) is 0 Å². The molecule has 0 spiro atoms. The molecule has 0 saturated heterocycles. The van der Waals surface area contributed by atoms with Gasteiger partial charge in [-0.15, -0.1) is 0 Å². The van der Waals surface area contributed by atoms with Crippen molar-refractivity contribution in [2.75, 3.05) is 6.61 Å². The molecule has 0 aromatic carbocycles. The second-order valence-electron chi connectivity index (χ2n) is 4.41. The molecular weight excluding hydrogens is 242 g/mol. The number of aliphatic hydroxyl groups excluding tert-OH is 1. The van der Waals surface area contributed by atoms with Crippen LogP contribution in [-0.2, 0) is 0 Å². The van der Waals surface area contributed by atoms with Gasteiger partial charge in [0.2, 0.25) is 0 Å². The van der Waals surface area contributed by atoms with E-state index >= 15 is 0 Å². The molecule has 1 saturated carbocycles. The molecule has 1 aliphatic rings. The van der Waals surface area contributed by atoms with Crippen LogP contribution in [0.3, 0.4) is 0 Å². The van der Waals surface area contributed by atoms with E-state index in [1.54, 1.807) is 12.1 Å². The largest absolute Gasteiger partial charge is 0.440 e. The molecular formula is C12H16ClNO3. The molecule has 17 heavy (non-hydrogen) atoms. The lowest BCUT2D eigenvalue weighted by atomic mass is 9.85. The molecule has 94 valence electrons.